The van der Waals surface area contributed by atoms with E-state index in [0.717, 1.165) is 26.1 Å². The van der Waals surface area contributed by atoms with Crippen molar-refractivity contribution in [1.29, 1.82) is 0 Å². The molecule has 0 aliphatic carbocycles. The molecule has 100 valence electrons. The maximum atomic E-state index is 3.65. The Labute approximate surface area is 121 Å². The van der Waals surface area contributed by atoms with E-state index in [-0.39, 0.29) is 24.0 Å². The van der Waals surface area contributed by atoms with Crippen LogP contribution in [0, 0.1) is 0 Å². The van der Waals surface area contributed by atoms with Gasteiger partial charge in [0, 0.05) is 6.54 Å². The van der Waals surface area contributed by atoms with Crippen LogP contribution in [0.25, 0.3) is 0 Å². The molecular weight excluding hydrogens is 309 g/mol. The second kappa shape index (κ2) is 29.4. The first kappa shape index (κ1) is 25.1. The van der Waals surface area contributed by atoms with Gasteiger partial charge in [0.1, 0.15) is 0 Å². The largest absolute Gasteiger partial charge is 0.300 e. The van der Waals surface area contributed by atoms with E-state index in [4.69, 9.17) is 0 Å². The van der Waals surface area contributed by atoms with Crippen LogP contribution in [0.15, 0.2) is 24.8 Å². The third kappa shape index (κ3) is 29.2. The molecule has 0 rings (SSSR count). The highest BCUT2D eigenvalue weighted by Crippen LogP contribution is 1.84. The third-order valence-corrected chi connectivity index (χ3v) is 1.75. The average molecular weight is 341 g/mol. The summed E-state index contributed by atoms with van der Waals surface area (Å²) in [6.07, 6.45) is 7.28. The van der Waals surface area contributed by atoms with E-state index in [1.54, 1.807) is 0 Å². The molecule has 16 heavy (non-hydrogen) atoms. The number of likely N-dealkylation sites (N-methyl/N-ethyl adjacent to an activating group) is 1. The molecule has 0 aromatic carbocycles. The van der Waals surface area contributed by atoms with Crippen molar-refractivity contribution in [2.24, 2.45) is 0 Å². The number of allylic oxidation sites excluding steroid dienone is 2. The van der Waals surface area contributed by atoms with Gasteiger partial charge >= 0.3 is 0 Å². The minimum absolute atomic E-state index is 0. The number of halogens is 1. The zero-order chi connectivity index (χ0) is 12.5. The van der Waals surface area contributed by atoms with Gasteiger partial charge in [0.15, 0.2) is 0 Å². The lowest BCUT2D eigenvalue weighted by atomic mass is 10.4. The van der Waals surface area contributed by atoms with E-state index in [0.29, 0.717) is 0 Å². The zero-order valence-electron chi connectivity index (χ0n) is 12.1. The van der Waals surface area contributed by atoms with Crippen LogP contribution in [0.4, 0.5) is 0 Å². The summed E-state index contributed by atoms with van der Waals surface area (Å²) in [6.45, 7) is 19.4. The summed E-state index contributed by atoms with van der Waals surface area (Å²) in [4.78, 5) is 2.31. The summed E-state index contributed by atoms with van der Waals surface area (Å²) < 4.78 is 0. The highest BCUT2D eigenvalue weighted by atomic mass is 127. The Morgan fingerprint density at radius 3 is 1.56 bits per heavy atom. The first-order valence-corrected chi connectivity index (χ1v) is 6.21. The van der Waals surface area contributed by atoms with E-state index >= 15 is 0 Å². The third-order valence-electron chi connectivity index (χ3n) is 1.75. The van der Waals surface area contributed by atoms with Crippen LogP contribution in [0.3, 0.4) is 0 Å². The number of hydrogen-bond donors (Lipinski definition) is 0. The molecule has 0 heterocycles. The first-order chi connectivity index (χ1) is 7.26. The van der Waals surface area contributed by atoms with Gasteiger partial charge in [-0.05, 0) is 26.4 Å². The summed E-state index contributed by atoms with van der Waals surface area (Å²) >= 11 is 0. The fourth-order valence-electron chi connectivity index (χ4n) is 0.900. The molecule has 0 aliphatic rings. The topological polar surface area (TPSA) is 3.24 Å². The quantitative estimate of drug-likeness (QED) is 0.495. The predicted octanol–water partition coefficient (Wildman–Crippen LogP) is 5.13. The highest BCUT2D eigenvalue weighted by molar-refractivity contribution is 14.0. The van der Waals surface area contributed by atoms with Crippen molar-refractivity contribution < 1.29 is 0 Å². The molecule has 0 amide bonds. The van der Waals surface area contributed by atoms with Crippen molar-refractivity contribution in [2.45, 2.75) is 48.0 Å². The highest BCUT2D eigenvalue weighted by Gasteiger charge is 1.90. The Morgan fingerprint density at radius 2 is 1.50 bits per heavy atom. The molecule has 0 atom stereocenters. The van der Waals surface area contributed by atoms with E-state index in [1.807, 2.05) is 26.8 Å². The summed E-state index contributed by atoms with van der Waals surface area (Å²) in [7, 11) is 0. The van der Waals surface area contributed by atoms with Gasteiger partial charge in [0.2, 0.25) is 0 Å². The molecule has 0 aromatic heterocycles. The standard InChI is InChI=1S/C7H15N.C5H10.C2H6.HI/c1-4-7-8(5-2)6-3;1-3-5-4-2;1-2;/h4H,1,5-7H2,2-3H3;3,5H,4H2,1-2H3;1-2H3;1H/b;5-3+;;. The molecule has 0 aliphatic heterocycles. The molecule has 0 spiro atoms. The van der Waals surface area contributed by atoms with Crippen LogP contribution >= 0.6 is 24.0 Å². The maximum absolute atomic E-state index is 3.65. The molecule has 0 N–H and O–H groups in total. The molecule has 1 nitrogen and oxygen atoms in total. The van der Waals surface area contributed by atoms with Gasteiger partial charge in [0.25, 0.3) is 0 Å². The second-order valence-electron chi connectivity index (χ2n) is 2.75. The van der Waals surface area contributed by atoms with Gasteiger partial charge < -0.3 is 4.90 Å². The van der Waals surface area contributed by atoms with E-state index in [9.17, 15) is 0 Å². The van der Waals surface area contributed by atoms with Crippen LogP contribution in [-0.4, -0.2) is 24.5 Å². The molecule has 0 fully saturated rings. The number of hydrogen-bond acceptors (Lipinski definition) is 1. The monoisotopic (exact) mass is 341 g/mol. The summed E-state index contributed by atoms with van der Waals surface area (Å²) in [6, 6.07) is 0. The predicted molar refractivity (Wildman–Crippen MR) is 89.9 cm³/mol. The lowest BCUT2D eigenvalue weighted by molar-refractivity contribution is 0.337. The van der Waals surface area contributed by atoms with Crippen molar-refractivity contribution >= 4 is 24.0 Å². The van der Waals surface area contributed by atoms with Crippen LogP contribution in [-0.2, 0) is 0 Å². The maximum Gasteiger partial charge on any atom is 0.0160 e. The van der Waals surface area contributed by atoms with Gasteiger partial charge in [-0.25, -0.2) is 0 Å². The van der Waals surface area contributed by atoms with Crippen LogP contribution in [0.5, 0.6) is 0 Å². The Morgan fingerprint density at radius 1 is 1.06 bits per heavy atom. The Bertz CT molecular complexity index is 118. The van der Waals surface area contributed by atoms with Crippen molar-refractivity contribution in [2.75, 3.05) is 19.6 Å². The fraction of sp³-hybridized carbons (Fsp3) is 0.714. The van der Waals surface area contributed by atoms with Crippen LogP contribution < -0.4 is 0 Å². The summed E-state index contributed by atoms with van der Waals surface area (Å²) in [5.74, 6) is 0. The van der Waals surface area contributed by atoms with Crippen LogP contribution in [0.1, 0.15) is 48.0 Å². The van der Waals surface area contributed by atoms with Gasteiger partial charge in [-0.3, -0.25) is 0 Å². The number of nitrogens with zero attached hydrogens (tertiary/aromatic N) is 1. The molecule has 0 saturated heterocycles. The van der Waals surface area contributed by atoms with E-state index in [2.05, 4.69) is 44.4 Å². The van der Waals surface area contributed by atoms with Crippen molar-refractivity contribution in [3.05, 3.63) is 24.8 Å². The molecule has 0 radical (unpaired) electrons. The Kier molecular flexibility index (Phi) is 46.2. The lowest BCUT2D eigenvalue weighted by Gasteiger charge is -2.14. The average Bonchev–Trinajstić information content (AvgIpc) is 2.30. The second-order valence-corrected chi connectivity index (χ2v) is 2.75. The van der Waals surface area contributed by atoms with Crippen molar-refractivity contribution in [3.8, 4) is 0 Å². The summed E-state index contributed by atoms with van der Waals surface area (Å²) in [5, 5.41) is 0. The normalized spacial score (nSPS) is 8.44. The first-order valence-electron chi connectivity index (χ1n) is 6.21. The van der Waals surface area contributed by atoms with Crippen LogP contribution in [0.2, 0.25) is 0 Å². The molecule has 0 saturated carbocycles. The van der Waals surface area contributed by atoms with Gasteiger partial charge in [0.05, 0.1) is 0 Å². The molecular formula is C14H32IN. The molecule has 2 heteroatoms. The molecule has 0 bridgehead atoms. The van der Waals surface area contributed by atoms with E-state index < -0.39 is 0 Å². The molecule has 0 unspecified atom stereocenters. The lowest BCUT2D eigenvalue weighted by Crippen LogP contribution is -2.22. The Balaban J connectivity index is -0.0000000786. The SMILES string of the molecule is C/C=C/CC.C=CCN(CC)CC.CC.I. The smallest absolute Gasteiger partial charge is 0.0160 e. The Hall–Kier alpha value is 0.170. The minimum Gasteiger partial charge on any atom is -0.300 e. The van der Waals surface area contributed by atoms with Gasteiger partial charge in [-0.1, -0.05) is 52.8 Å². The minimum atomic E-state index is 0. The van der Waals surface area contributed by atoms with E-state index in [1.165, 1.54) is 0 Å². The number of rotatable bonds is 5. The summed E-state index contributed by atoms with van der Waals surface area (Å²) in [5.41, 5.74) is 0. The van der Waals surface area contributed by atoms with Gasteiger partial charge in [-0.15, -0.1) is 30.6 Å². The fourth-order valence-corrected chi connectivity index (χ4v) is 0.900. The molecule has 0 aromatic rings. The van der Waals surface area contributed by atoms with Crippen molar-refractivity contribution in [3.63, 3.8) is 0 Å². The van der Waals surface area contributed by atoms with Gasteiger partial charge in [-0.2, -0.15) is 0 Å². The van der Waals surface area contributed by atoms with Crippen molar-refractivity contribution in [1.82, 2.24) is 4.90 Å². The zero-order valence-corrected chi connectivity index (χ0v) is 14.5.